The molecule has 7 heteroatoms. The molecule has 3 aromatic rings. The number of H-pyrrole nitrogens is 1. The number of aromatic amines is 1. The Labute approximate surface area is 173 Å². The lowest BCUT2D eigenvalue weighted by molar-refractivity contribution is -0.126. The molecule has 2 heterocycles. The van der Waals surface area contributed by atoms with Crippen molar-refractivity contribution in [2.45, 2.75) is 57.9 Å². The number of aromatic nitrogens is 3. The fraction of sp³-hybridized carbons (Fsp3) is 0.522. The fourth-order valence-corrected chi connectivity index (χ4v) is 5.81. The number of hydrogen-bond acceptors (Lipinski definition) is 6. The second kappa shape index (κ2) is 6.33. The van der Waals surface area contributed by atoms with Gasteiger partial charge in [-0.15, -0.1) is 0 Å². The number of carbonyl (C=O) groups excluding carboxylic acids is 1. The van der Waals surface area contributed by atoms with Crippen LogP contribution >= 0.6 is 0 Å². The van der Waals surface area contributed by atoms with E-state index < -0.39 is 6.04 Å². The van der Waals surface area contributed by atoms with Gasteiger partial charge in [0, 0.05) is 23.0 Å². The number of Topliss-reactive ketones (excluding diaryl/α,β-unsaturated/α-hetero) is 1. The molecule has 1 N–H and O–H groups in total. The third-order valence-corrected chi connectivity index (χ3v) is 7.40. The number of aryl methyl sites for hydroxylation is 2. The van der Waals surface area contributed by atoms with Gasteiger partial charge in [0.25, 0.3) is 0 Å². The zero-order valence-corrected chi connectivity index (χ0v) is 17.1. The number of carbonyl (C=O) groups is 1. The first-order valence-corrected chi connectivity index (χ1v) is 10.9. The van der Waals surface area contributed by atoms with Gasteiger partial charge in [0.2, 0.25) is 0 Å². The van der Waals surface area contributed by atoms with E-state index >= 15 is 0 Å². The van der Waals surface area contributed by atoms with Crippen LogP contribution in [0.4, 0.5) is 0 Å². The second-order valence-corrected chi connectivity index (χ2v) is 9.31. The molecule has 2 aromatic heterocycles. The first-order valence-electron chi connectivity index (χ1n) is 10.9. The highest BCUT2D eigenvalue weighted by atomic mass is 16.5. The summed E-state index contributed by atoms with van der Waals surface area (Å²) in [5.41, 5.74) is 5.05. The van der Waals surface area contributed by atoms with E-state index in [2.05, 4.69) is 21.4 Å². The van der Waals surface area contributed by atoms with Gasteiger partial charge < -0.3 is 9.51 Å². The Hall–Kier alpha value is -2.83. The van der Waals surface area contributed by atoms with Crippen molar-refractivity contribution in [2.75, 3.05) is 0 Å². The summed E-state index contributed by atoms with van der Waals surface area (Å²) in [6, 6.07) is 3.33. The van der Waals surface area contributed by atoms with Gasteiger partial charge in [-0.1, -0.05) is 10.3 Å². The third kappa shape index (κ3) is 2.53. The minimum Gasteiger partial charge on any atom is -0.361 e. The SMILES string of the molecule is Cc1noc(C)c1-c1cc(C(N=O)C2C(=O)C3CCC2C3)c2nc(C3CC3)[nH]c2c1. The lowest BCUT2D eigenvalue weighted by atomic mass is 9.79. The standard InChI is InChI=1S/C23H24N4O3/c1-10-18(11(2)30-27-10)15-8-16(20-17(9-15)24-23(25-20)12-3-4-12)21(26-29)19-13-5-6-14(7-13)22(19)28/h8-9,12-14,19,21H,3-7H2,1-2H3,(H,24,25). The second-order valence-electron chi connectivity index (χ2n) is 9.31. The summed E-state index contributed by atoms with van der Waals surface area (Å²) in [7, 11) is 0. The van der Waals surface area contributed by atoms with Crippen LogP contribution in [0.5, 0.6) is 0 Å². The van der Waals surface area contributed by atoms with Crippen LogP contribution in [0.1, 0.15) is 66.9 Å². The van der Waals surface area contributed by atoms with E-state index in [0.717, 1.165) is 77.1 Å². The minimum absolute atomic E-state index is 0.103. The third-order valence-electron chi connectivity index (χ3n) is 7.40. The molecule has 3 fully saturated rings. The number of nitrogens with one attached hydrogen (secondary N) is 1. The summed E-state index contributed by atoms with van der Waals surface area (Å²) in [5.74, 6) is 2.39. The van der Waals surface area contributed by atoms with Crippen molar-refractivity contribution in [2.24, 2.45) is 22.9 Å². The van der Waals surface area contributed by atoms with Crippen molar-refractivity contribution < 1.29 is 9.32 Å². The van der Waals surface area contributed by atoms with Gasteiger partial charge in [-0.05, 0) is 69.6 Å². The first kappa shape index (κ1) is 18.0. The summed E-state index contributed by atoms with van der Waals surface area (Å²) >= 11 is 0. The molecular weight excluding hydrogens is 380 g/mol. The van der Waals surface area contributed by atoms with Crippen molar-refractivity contribution in [3.63, 3.8) is 0 Å². The topological polar surface area (TPSA) is 101 Å². The van der Waals surface area contributed by atoms with Crippen molar-refractivity contribution >= 4 is 16.8 Å². The zero-order valence-electron chi connectivity index (χ0n) is 17.1. The first-order chi connectivity index (χ1) is 14.5. The summed E-state index contributed by atoms with van der Waals surface area (Å²) < 4.78 is 5.38. The van der Waals surface area contributed by atoms with Gasteiger partial charge in [-0.2, -0.15) is 4.91 Å². The molecular formula is C23H24N4O3. The van der Waals surface area contributed by atoms with E-state index in [1.165, 1.54) is 0 Å². The highest BCUT2D eigenvalue weighted by molar-refractivity contribution is 5.90. The summed E-state index contributed by atoms with van der Waals surface area (Å²) in [5, 5.41) is 7.62. The number of ketones is 1. The quantitative estimate of drug-likeness (QED) is 0.594. The van der Waals surface area contributed by atoms with Crippen LogP contribution in [0.15, 0.2) is 21.8 Å². The predicted molar refractivity (Wildman–Crippen MR) is 111 cm³/mol. The number of imidazole rings is 1. The molecule has 6 rings (SSSR count). The molecule has 3 aliphatic carbocycles. The van der Waals surface area contributed by atoms with Crippen molar-refractivity contribution in [3.8, 4) is 11.1 Å². The van der Waals surface area contributed by atoms with Crippen molar-refractivity contribution in [3.05, 3.63) is 39.9 Å². The highest BCUT2D eigenvalue weighted by Crippen LogP contribution is 2.52. The van der Waals surface area contributed by atoms with Crippen LogP contribution in [0, 0.1) is 36.5 Å². The number of nitrogens with zero attached hydrogens (tertiary/aromatic N) is 3. The predicted octanol–water partition coefficient (Wildman–Crippen LogP) is 5.13. The van der Waals surface area contributed by atoms with Crippen LogP contribution in [-0.2, 0) is 4.79 Å². The van der Waals surface area contributed by atoms with Crippen LogP contribution in [0.3, 0.4) is 0 Å². The minimum atomic E-state index is -0.703. The Morgan fingerprint density at radius 1 is 1.17 bits per heavy atom. The molecule has 0 amide bonds. The Kier molecular flexibility index (Phi) is 3.80. The van der Waals surface area contributed by atoms with Crippen LogP contribution in [-0.4, -0.2) is 20.9 Å². The average molecular weight is 404 g/mol. The monoisotopic (exact) mass is 404 g/mol. The Bertz CT molecular complexity index is 1170. The number of nitroso groups, excluding NO2 is 1. The van der Waals surface area contributed by atoms with Crippen molar-refractivity contribution in [1.29, 1.82) is 0 Å². The van der Waals surface area contributed by atoms with Crippen LogP contribution in [0.25, 0.3) is 22.2 Å². The lowest BCUT2D eigenvalue weighted by Crippen LogP contribution is -2.27. The molecule has 154 valence electrons. The largest absolute Gasteiger partial charge is 0.361 e. The van der Waals surface area contributed by atoms with Crippen LogP contribution in [0.2, 0.25) is 0 Å². The summed E-state index contributed by atoms with van der Waals surface area (Å²) in [6.07, 6.45) is 5.12. The summed E-state index contributed by atoms with van der Waals surface area (Å²) in [4.78, 5) is 33.5. The van der Waals surface area contributed by atoms with Gasteiger partial charge in [0.15, 0.2) is 0 Å². The maximum atomic E-state index is 13.0. The molecule has 0 radical (unpaired) electrons. The smallest absolute Gasteiger partial charge is 0.141 e. The maximum absolute atomic E-state index is 13.0. The molecule has 0 saturated heterocycles. The van der Waals surface area contributed by atoms with Gasteiger partial charge in [0.1, 0.15) is 23.4 Å². The molecule has 1 aromatic carbocycles. The molecule has 4 atom stereocenters. The summed E-state index contributed by atoms with van der Waals surface area (Å²) in [6.45, 7) is 3.80. The van der Waals surface area contributed by atoms with E-state index in [9.17, 15) is 9.70 Å². The van der Waals surface area contributed by atoms with E-state index in [4.69, 9.17) is 9.51 Å². The molecule has 3 aliphatic rings. The van der Waals surface area contributed by atoms with Gasteiger partial charge in [-0.3, -0.25) is 4.79 Å². The van der Waals surface area contributed by atoms with Crippen molar-refractivity contribution in [1.82, 2.24) is 15.1 Å². The fourth-order valence-electron chi connectivity index (χ4n) is 5.81. The highest BCUT2D eigenvalue weighted by Gasteiger charge is 2.51. The van der Waals surface area contributed by atoms with E-state index in [-0.39, 0.29) is 23.5 Å². The van der Waals surface area contributed by atoms with Gasteiger partial charge >= 0.3 is 0 Å². The lowest BCUT2D eigenvalue weighted by Gasteiger charge is -2.25. The number of fused-ring (bicyclic) bond motifs is 3. The van der Waals surface area contributed by atoms with E-state index in [0.29, 0.717) is 5.92 Å². The normalized spacial score (nSPS) is 26.6. The molecule has 30 heavy (non-hydrogen) atoms. The Morgan fingerprint density at radius 2 is 1.97 bits per heavy atom. The molecule has 2 bridgehead atoms. The molecule has 0 aliphatic heterocycles. The molecule has 0 spiro atoms. The molecule has 3 saturated carbocycles. The number of hydrogen-bond donors (Lipinski definition) is 1. The maximum Gasteiger partial charge on any atom is 0.141 e. The molecule has 4 unspecified atom stereocenters. The number of rotatable bonds is 5. The van der Waals surface area contributed by atoms with Gasteiger partial charge in [-0.25, -0.2) is 4.98 Å². The van der Waals surface area contributed by atoms with E-state index in [1.54, 1.807) is 0 Å². The van der Waals surface area contributed by atoms with E-state index in [1.807, 2.05) is 19.9 Å². The Morgan fingerprint density at radius 3 is 2.60 bits per heavy atom. The zero-order chi connectivity index (χ0) is 20.6. The van der Waals surface area contributed by atoms with Crippen LogP contribution < -0.4 is 0 Å². The number of benzene rings is 1. The average Bonchev–Trinajstić information content (AvgIpc) is 3.05. The van der Waals surface area contributed by atoms with Gasteiger partial charge in [0.05, 0.1) is 22.6 Å². The molecule has 7 nitrogen and oxygen atoms in total. The Balaban J connectivity index is 1.55.